The fourth-order valence-corrected chi connectivity index (χ4v) is 2.40. The van der Waals surface area contributed by atoms with Crippen molar-refractivity contribution in [2.24, 2.45) is 0 Å². The molecular weight excluding hydrogens is 312 g/mol. The number of nitrogens with zero attached hydrogens (tertiary/aromatic N) is 1. The number of rotatable bonds is 5. The second-order valence-electron chi connectivity index (χ2n) is 5.17. The number of ketones is 1. The first-order valence-electron chi connectivity index (χ1n) is 7.09. The molecule has 0 unspecified atom stereocenters. The first kappa shape index (κ1) is 17.1. The summed E-state index contributed by atoms with van der Waals surface area (Å²) in [5.41, 5.74) is 2.16. The minimum atomic E-state index is -0.511. The summed E-state index contributed by atoms with van der Waals surface area (Å²) in [6.07, 6.45) is 2.79. The van der Waals surface area contributed by atoms with Crippen LogP contribution in [-0.2, 0) is 4.74 Å². The Bertz CT molecular complexity index is 849. The van der Waals surface area contributed by atoms with Crippen LogP contribution in [0, 0.1) is 24.0 Å². The maximum absolute atomic E-state index is 12.3. The van der Waals surface area contributed by atoms with E-state index >= 15 is 0 Å². The van der Waals surface area contributed by atoms with Crippen molar-refractivity contribution in [3.8, 4) is 0 Å². The molecule has 0 aliphatic heterocycles. The first-order chi connectivity index (χ1) is 11.3. The van der Waals surface area contributed by atoms with Crippen molar-refractivity contribution < 1.29 is 19.2 Å². The number of methoxy groups -OCH3 is 1. The van der Waals surface area contributed by atoms with Gasteiger partial charge in [0.25, 0.3) is 5.69 Å². The number of aromatic nitrogens is 1. The van der Waals surface area contributed by atoms with Crippen LogP contribution >= 0.6 is 0 Å². The average Bonchev–Trinajstić information content (AvgIpc) is 2.87. The molecular formula is C17H16N2O5. The first-order valence-corrected chi connectivity index (χ1v) is 7.09. The van der Waals surface area contributed by atoms with Gasteiger partial charge >= 0.3 is 5.97 Å². The van der Waals surface area contributed by atoms with Crippen LogP contribution in [0.3, 0.4) is 0 Å². The van der Waals surface area contributed by atoms with Gasteiger partial charge in [0, 0.05) is 17.8 Å². The van der Waals surface area contributed by atoms with E-state index in [1.807, 2.05) is 0 Å². The second kappa shape index (κ2) is 6.91. The molecule has 0 aliphatic rings. The molecule has 0 amide bonds. The third-order valence-corrected chi connectivity index (χ3v) is 3.58. The molecule has 7 heteroatoms. The molecule has 1 N–H and O–H groups in total. The van der Waals surface area contributed by atoms with Crippen molar-refractivity contribution in [3.63, 3.8) is 0 Å². The van der Waals surface area contributed by atoms with Gasteiger partial charge in [-0.05, 0) is 31.1 Å². The predicted octanol–water partition coefficient (Wildman–Crippen LogP) is 3.22. The number of carbonyl (C=O) groups excluding carboxylic acids is 2. The third-order valence-electron chi connectivity index (χ3n) is 3.58. The highest BCUT2D eigenvalue weighted by atomic mass is 16.6. The normalized spacial score (nSPS) is 10.8. The van der Waals surface area contributed by atoms with Gasteiger partial charge in [0.05, 0.1) is 23.3 Å². The van der Waals surface area contributed by atoms with Crippen LogP contribution < -0.4 is 0 Å². The van der Waals surface area contributed by atoms with Gasteiger partial charge < -0.3 is 9.72 Å². The highest BCUT2D eigenvalue weighted by Crippen LogP contribution is 2.20. The van der Waals surface area contributed by atoms with E-state index in [0.29, 0.717) is 22.4 Å². The van der Waals surface area contributed by atoms with Crippen LogP contribution in [0.15, 0.2) is 30.3 Å². The van der Waals surface area contributed by atoms with Crippen LogP contribution in [0.1, 0.15) is 37.7 Å². The van der Waals surface area contributed by atoms with Gasteiger partial charge in [-0.2, -0.15) is 0 Å². The molecule has 124 valence electrons. The van der Waals surface area contributed by atoms with E-state index in [1.165, 1.54) is 31.4 Å². The SMILES string of the molecule is COC(=O)c1c(C)[nH]c(C(=O)C=Cc2cccc([N+](=O)[O-])c2)c1C. The van der Waals surface area contributed by atoms with E-state index in [0.717, 1.165) is 0 Å². The smallest absolute Gasteiger partial charge is 0.339 e. The number of esters is 1. The van der Waals surface area contributed by atoms with E-state index in [4.69, 9.17) is 4.74 Å². The summed E-state index contributed by atoms with van der Waals surface area (Å²) < 4.78 is 4.70. The molecule has 0 aliphatic carbocycles. The number of hydrogen-bond donors (Lipinski definition) is 1. The predicted molar refractivity (Wildman–Crippen MR) is 88.1 cm³/mol. The molecule has 0 bridgehead atoms. The second-order valence-corrected chi connectivity index (χ2v) is 5.17. The van der Waals surface area contributed by atoms with E-state index in [2.05, 4.69) is 4.98 Å². The van der Waals surface area contributed by atoms with Crippen molar-refractivity contribution in [2.45, 2.75) is 13.8 Å². The van der Waals surface area contributed by atoms with Crippen molar-refractivity contribution in [2.75, 3.05) is 7.11 Å². The topological polar surface area (TPSA) is 102 Å². The standard InChI is InChI=1S/C17H16N2O5/c1-10-15(17(21)24-3)11(2)18-16(10)14(20)8-7-12-5-4-6-13(9-12)19(22)23/h4-9,18H,1-3H3. The Labute approximate surface area is 138 Å². The molecule has 2 rings (SSSR count). The lowest BCUT2D eigenvalue weighted by molar-refractivity contribution is -0.384. The van der Waals surface area contributed by atoms with E-state index in [-0.39, 0.29) is 17.2 Å². The number of aryl methyl sites for hydroxylation is 1. The van der Waals surface area contributed by atoms with Gasteiger partial charge in [-0.3, -0.25) is 14.9 Å². The largest absolute Gasteiger partial charge is 0.465 e. The molecule has 1 heterocycles. The molecule has 0 fully saturated rings. The van der Waals surface area contributed by atoms with E-state index in [1.54, 1.807) is 26.0 Å². The molecule has 0 radical (unpaired) electrons. The number of benzene rings is 1. The highest BCUT2D eigenvalue weighted by molar-refractivity contribution is 6.08. The van der Waals surface area contributed by atoms with E-state index in [9.17, 15) is 19.7 Å². The summed E-state index contributed by atoms with van der Waals surface area (Å²) in [5, 5.41) is 10.8. The van der Waals surface area contributed by atoms with Crippen molar-refractivity contribution in [3.05, 3.63) is 68.5 Å². The third kappa shape index (κ3) is 3.40. The number of hydrogen-bond acceptors (Lipinski definition) is 5. The molecule has 0 saturated carbocycles. The molecule has 24 heavy (non-hydrogen) atoms. The number of non-ortho nitro benzene ring substituents is 1. The molecule has 2 aromatic rings. The zero-order valence-corrected chi connectivity index (χ0v) is 13.5. The zero-order chi connectivity index (χ0) is 17.9. The number of aromatic amines is 1. The minimum Gasteiger partial charge on any atom is -0.465 e. The maximum Gasteiger partial charge on any atom is 0.339 e. The number of nitro benzene ring substituents is 1. The Kier molecular flexibility index (Phi) is 4.93. The van der Waals surface area contributed by atoms with Crippen molar-refractivity contribution >= 4 is 23.5 Å². The minimum absolute atomic E-state index is 0.0514. The molecule has 0 spiro atoms. The van der Waals surface area contributed by atoms with Gasteiger partial charge in [-0.25, -0.2) is 4.79 Å². The zero-order valence-electron chi connectivity index (χ0n) is 13.5. The molecule has 1 aromatic carbocycles. The maximum atomic E-state index is 12.3. The monoisotopic (exact) mass is 328 g/mol. The highest BCUT2D eigenvalue weighted by Gasteiger charge is 2.21. The Morgan fingerprint density at radius 3 is 2.62 bits per heavy atom. The quantitative estimate of drug-likeness (QED) is 0.298. The van der Waals surface area contributed by atoms with E-state index < -0.39 is 10.9 Å². The lowest BCUT2D eigenvalue weighted by Crippen LogP contribution is -2.04. The van der Waals surface area contributed by atoms with Crippen LogP contribution in [0.4, 0.5) is 5.69 Å². The summed E-state index contributed by atoms with van der Waals surface area (Å²) in [6, 6.07) is 5.95. The number of H-pyrrole nitrogens is 1. The molecule has 1 aromatic heterocycles. The Morgan fingerprint density at radius 1 is 1.29 bits per heavy atom. The summed E-state index contributed by atoms with van der Waals surface area (Å²) in [6.45, 7) is 3.34. The fourth-order valence-electron chi connectivity index (χ4n) is 2.40. The summed E-state index contributed by atoms with van der Waals surface area (Å²) in [4.78, 5) is 37.2. The van der Waals surface area contributed by atoms with Crippen molar-refractivity contribution in [1.82, 2.24) is 4.98 Å². The van der Waals surface area contributed by atoms with Crippen LogP contribution in [0.2, 0.25) is 0 Å². The van der Waals surface area contributed by atoms with Gasteiger partial charge in [0.2, 0.25) is 5.78 Å². The number of nitrogens with one attached hydrogen (secondary N) is 1. The van der Waals surface area contributed by atoms with Crippen LogP contribution in [0.25, 0.3) is 6.08 Å². The Balaban J connectivity index is 2.29. The number of carbonyl (C=O) groups is 2. The number of allylic oxidation sites excluding steroid dienone is 1. The summed E-state index contributed by atoms with van der Waals surface area (Å²) in [7, 11) is 1.28. The molecule has 7 nitrogen and oxygen atoms in total. The fraction of sp³-hybridized carbons (Fsp3) is 0.176. The average molecular weight is 328 g/mol. The van der Waals surface area contributed by atoms with Gasteiger partial charge in [-0.15, -0.1) is 0 Å². The van der Waals surface area contributed by atoms with Crippen LogP contribution in [0.5, 0.6) is 0 Å². The van der Waals surface area contributed by atoms with Crippen molar-refractivity contribution in [1.29, 1.82) is 0 Å². The van der Waals surface area contributed by atoms with Gasteiger partial charge in [-0.1, -0.05) is 18.2 Å². The Morgan fingerprint density at radius 2 is 2.00 bits per heavy atom. The van der Waals surface area contributed by atoms with Gasteiger partial charge in [0.15, 0.2) is 0 Å². The summed E-state index contributed by atoms with van der Waals surface area (Å²) in [5.74, 6) is -0.847. The lowest BCUT2D eigenvalue weighted by atomic mass is 10.1. The molecule has 0 saturated heterocycles. The van der Waals surface area contributed by atoms with Gasteiger partial charge in [0.1, 0.15) is 0 Å². The summed E-state index contributed by atoms with van der Waals surface area (Å²) >= 11 is 0. The van der Waals surface area contributed by atoms with Crippen LogP contribution in [-0.4, -0.2) is 28.8 Å². The Hall–Kier alpha value is -3.22. The number of nitro groups is 1. The lowest BCUT2D eigenvalue weighted by Gasteiger charge is -1.99. The molecule has 0 atom stereocenters. The number of ether oxygens (including phenoxy) is 1.